The van der Waals surface area contributed by atoms with Crippen molar-refractivity contribution in [1.82, 2.24) is 4.98 Å². The highest BCUT2D eigenvalue weighted by Crippen LogP contribution is 2.09. The van der Waals surface area contributed by atoms with E-state index in [2.05, 4.69) is 18.8 Å². The van der Waals surface area contributed by atoms with E-state index in [0.29, 0.717) is 11.1 Å². The van der Waals surface area contributed by atoms with Crippen molar-refractivity contribution < 1.29 is 0 Å². The Balaban J connectivity index is 2.93. The number of halogens is 1. The highest BCUT2D eigenvalue weighted by atomic mass is 35.5. The van der Waals surface area contributed by atoms with Gasteiger partial charge in [-0.15, -0.1) is 0 Å². The first-order chi connectivity index (χ1) is 5.58. The Hall–Kier alpha value is -0.760. The number of rotatable bonds is 2. The van der Waals surface area contributed by atoms with Gasteiger partial charge in [0.25, 0.3) is 0 Å². The van der Waals surface area contributed by atoms with Gasteiger partial charge < -0.3 is 4.98 Å². The molecule has 0 aliphatic carbocycles. The minimum atomic E-state index is -0.127. The number of aromatic amines is 1. The summed E-state index contributed by atoms with van der Waals surface area (Å²) in [4.78, 5) is 13.4. The van der Waals surface area contributed by atoms with Crippen molar-refractivity contribution in [2.24, 2.45) is 5.92 Å². The second-order valence-corrected chi connectivity index (χ2v) is 3.71. The summed E-state index contributed by atoms with van der Waals surface area (Å²) in [5.74, 6) is 0.544. The average molecular weight is 186 g/mol. The Bertz CT molecular complexity index is 317. The fourth-order valence-electron chi connectivity index (χ4n) is 1.15. The van der Waals surface area contributed by atoms with Gasteiger partial charge in [-0.1, -0.05) is 25.4 Å². The molecule has 66 valence electrons. The summed E-state index contributed by atoms with van der Waals surface area (Å²) >= 11 is 5.68. The van der Waals surface area contributed by atoms with E-state index in [1.165, 1.54) is 0 Å². The first-order valence-electron chi connectivity index (χ1n) is 3.96. The van der Waals surface area contributed by atoms with Crippen molar-refractivity contribution >= 4 is 11.6 Å². The van der Waals surface area contributed by atoms with Crippen LogP contribution in [0.2, 0.25) is 5.15 Å². The van der Waals surface area contributed by atoms with Gasteiger partial charge in [0.05, 0.1) is 0 Å². The van der Waals surface area contributed by atoms with E-state index in [0.717, 1.165) is 12.0 Å². The van der Waals surface area contributed by atoms with Crippen LogP contribution < -0.4 is 5.56 Å². The van der Waals surface area contributed by atoms with Crippen molar-refractivity contribution in [3.8, 4) is 0 Å². The van der Waals surface area contributed by atoms with Crippen molar-refractivity contribution in [3.63, 3.8) is 0 Å². The number of pyridine rings is 1. The van der Waals surface area contributed by atoms with Crippen LogP contribution in [0, 0.1) is 5.92 Å². The van der Waals surface area contributed by atoms with Crippen LogP contribution in [0.4, 0.5) is 0 Å². The molecule has 1 aromatic rings. The van der Waals surface area contributed by atoms with E-state index in [9.17, 15) is 4.79 Å². The highest BCUT2D eigenvalue weighted by molar-refractivity contribution is 6.29. The van der Waals surface area contributed by atoms with Gasteiger partial charge in [0, 0.05) is 6.07 Å². The summed E-state index contributed by atoms with van der Waals surface area (Å²) in [5.41, 5.74) is 0.872. The van der Waals surface area contributed by atoms with Gasteiger partial charge >= 0.3 is 0 Å². The first-order valence-corrected chi connectivity index (χ1v) is 4.34. The molecule has 12 heavy (non-hydrogen) atoms. The maximum absolute atomic E-state index is 11.0. The van der Waals surface area contributed by atoms with Crippen LogP contribution in [0.3, 0.4) is 0 Å². The van der Waals surface area contributed by atoms with Crippen LogP contribution in [0.15, 0.2) is 16.9 Å². The zero-order chi connectivity index (χ0) is 9.14. The van der Waals surface area contributed by atoms with Crippen LogP contribution in [-0.2, 0) is 6.42 Å². The molecule has 1 rings (SSSR count). The minimum Gasteiger partial charge on any atom is -0.313 e. The zero-order valence-electron chi connectivity index (χ0n) is 7.23. The molecule has 0 saturated carbocycles. The number of hydrogen-bond donors (Lipinski definition) is 1. The van der Waals surface area contributed by atoms with Gasteiger partial charge in [0.2, 0.25) is 5.56 Å². The molecule has 0 radical (unpaired) electrons. The topological polar surface area (TPSA) is 32.9 Å². The van der Waals surface area contributed by atoms with Crippen molar-refractivity contribution in [3.05, 3.63) is 33.2 Å². The normalized spacial score (nSPS) is 10.7. The monoisotopic (exact) mass is 185 g/mol. The Morgan fingerprint density at radius 2 is 2.17 bits per heavy atom. The number of H-pyrrole nitrogens is 1. The summed E-state index contributed by atoms with van der Waals surface area (Å²) in [6.07, 6.45) is 0.893. The third-order valence-corrected chi connectivity index (χ3v) is 1.72. The first kappa shape index (κ1) is 9.33. The molecule has 1 N–H and O–H groups in total. The lowest BCUT2D eigenvalue weighted by molar-refractivity contribution is 0.646. The summed E-state index contributed by atoms with van der Waals surface area (Å²) in [5, 5.41) is 0.415. The zero-order valence-corrected chi connectivity index (χ0v) is 7.98. The molecule has 0 bridgehead atoms. The van der Waals surface area contributed by atoms with Gasteiger partial charge in [-0.05, 0) is 24.0 Å². The molecule has 0 fully saturated rings. The van der Waals surface area contributed by atoms with Crippen molar-refractivity contribution in [1.29, 1.82) is 0 Å². The van der Waals surface area contributed by atoms with Crippen LogP contribution in [0.5, 0.6) is 0 Å². The Kier molecular flexibility index (Phi) is 2.93. The smallest absolute Gasteiger partial charge is 0.249 e. The lowest BCUT2D eigenvalue weighted by Gasteiger charge is -2.03. The molecule has 0 aromatic carbocycles. The van der Waals surface area contributed by atoms with Gasteiger partial charge in [-0.25, -0.2) is 0 Å². The largest absolute Gasteiger partial charge is 0.313 e. The number of hydrogen-bond acceptors (Lipinski definition) is 1. The SMILES string of the molecule is CC(C)Cc1cc(Cl)[nH]c(=O)c1. The van der Waals surface area contributed by atoms with Crippen LogP contribution in [0.25, 0.3) is 0 Å². The molecule has 0 aliphatic rings. The Morgan fingerprint density at radius 1 is 1.50 bits per heavy atom. The molecule has 0 aliphatic heterocycles. The third kappa shape index (κ3) is 2.70. The Morgan fingerprint density at radius 3 is 2.67 bits per heavy atom. The van der Waals surface area contributed by atoms with Crippen LogP contribution >= 0.6 is 11.6 Å². The molecule has 0 unspecified atom stereocenters. The maximum atomic E-state index is 11.0. The second-order valence-electron chi connectivity index (χ2n) is 3.30. The predicted octanol–water partition coefficient (Wildman–Crippen LogP) is 2.23. The average Bonchev–Trinajstić information content (AvgIpc) is 1.81. The van der Waals surface area contributed by atoms with Crippen molar-refractivity contribution in [2.45, 2.75) is 20.3 Å². The minimum absolute atomic E-state index is 0.127. The van der Waals surface area contributed by atoms with Gasteiger partial charge in [0.15, 0.2) is 0 Å². The van der Waals surface area contributed by atoms with Crippen LogP contribution in [-0.4, -0.2) is 4.98 Å². The lowest BCUT2D eigenvalue weighted by Crippen LogP contribution is -2.07. The standard InChI is InChI=1S/C9H12ClNO/c1-6(2)3-7-4-8(10)11-9(12)5-7/h4-6H,3H2,1-2H3,(H,11,12). The molecule has 0 spiro atoms. The highest BCUT2D eigenvalue weighted by Gasteiger charge is 1.99. The fraction of sp³-hybridized carbons (Fsp3) is 0.444. The molecular weight excluding hydrogens is 174 g/mol. The van der Waals surface area contributed by atoms with E-state index in [4.69, 9.17) is 11.6 Å². The summed E-state index contributed by atoms with van der Waals surface area (Å²) in [6.45, 7) is 4.21. The summed E-state index contributed by atoms with van der Waals surface area (Å²) < 4.78 is 0. The van der Waals surface area contributed by atoms with E-state index in [1.54, 1.807) is 12.1 Å². The maximum Gasteiger partial charge on any atom is 0.249 e. The van der Waals surface area contributed by atoms with Gasteiger partial charge in [-0.2, -0.15) is 0 Å². The quantitative estimate of drug-likeness (QED) is 0.705. The lowest BCUT2D eigenvalue weighted by atomic mass is 10.0. The van der Waals surface area contributed by atoms with E-state index in [1.807, 2.05) is 0 Å². The van der Waals surface area contributed by atoms with Crippen LogP contribution in [0.1, 0.15) is 19.4 Å². The number of aromatic nitrogens is 1. The summed E-state index contributed by atoms with van der Waals surface area (Å²) in [6, 6.07) is 3.38. The Labute approximate surface area is 76.6 Å². The van der Waals surface area contributed by atoms with Gasteiger partial charge in [0.1, 0.15) is 5.15 Å². The third-order valence-electron chi connectivity index (χ3n) is 1.52. The molecular formula is C9H12ClNO. The molecule has 2 nitrogen and oxygen atoms in total. The van der Waals surface area contributed by atoms with E-state index < -0.39 is 0 Å². The molecule has 1 heterocycles. The predicted molar refractivity (Wildman–Crippen MR) is 50.6 cm³/mol. The van der Waals surface area contributed by atoms with Crippen molar-refractivity contribution in [2.75, 3.05) is 0 Å². The second kappa shape index (κ2) is 3.76. The molecule has 0 amide bonds. The van der Waals surface area contributed by atoms with E-state index >= 15 is 0 Å². The number of nitrogens with one attached hydrogen (secondary N) is 1. The molecule has 1 aromatic heterocycles. The fourth-order valence-corrected chi connectivity index (χ4v) is 1.39. The molecule has 3 heteroatoms. The van der Waals surface area contributed by atoms with Gasteiger partial charge in [-0.3, -0.25) is 4.79 Å². The molecule has 0 atom stereocenters. The van der Waals surface area contributed by atoms with E-state index in [-0.39, 0.29) is 5.56 Å². The summed E-state index contributed by atoms with van der Waals surface area (Å²) in [7, 11) is 0. The molecule has 0 saturated heterocycles.